The van der Waals surface area contributed by atoms with E-state index in [9.17, 15) is 0 Å². The average molecular weight is 321 g/mol. The van der Waals surface area contributed by atoms with E-state index in [1.54, 1.807) is 0 Å². The first-order valence-electron chi connectivity index (χ1n) is 8.48. The molecule has 2 fully saturated rings. The van der Waals surface area contributed by atoms with Crippen molar-refractivity contribution in [1.82, 2.24) is 9.88 Å². The van der Waals surface area contributed by atoms with Crippen molar-refractivity contribution in [2.24, 2.45) is 0 Å². The molecule has 0 unspecified atom stereocenters. The lowest BCUT2D eigenvalue weighted by atomic mass is 10.0. The van der Waals surface area contributed by atoms with Crippen LogP contribution in [-0.2, 0) is 0 Å². The van der Waals surface area contributed by atoms with E-state index in [-0.39, 0.29) is 5.54 Å². The highest BCUT2D eigenvalue weighted by Crippen LogP contribution is 2.45. The molecule has 124 valence electrons. The van der Waals surface area contributed by atoms with Gasteiger partial charge in [0.2, 0.25) is 0 Å². The summed E-state index contributed by atoms with van der Waals surface area (Å²) in [6.45, 7) is 4.68. The SMILES string of the molecule is Cc1cccc(N)c1C(=N)N1CCN(c2ccccn2)CC12CC2. The summed E-state index contributed by atoms with van der Waals surface area (Å²) in [5, 5.41) is 8.78. The van der Waals surface area contributed by atoms with Gasteiger partial charge in [0, 0.05) is 37.1 Å². The highest BCUT2D eigenvalue weighted by molar-refractivity contribution is 6.03. The highest BCUT2D eigenvalue weighted by atomic mass is 15.4. The van der Waals surface area contributed by atoms with Gasteiger partial charge in [-0.25, -0.2) is 4.98 Å². The number of aromatic nitrogens is 1. The fourth-order valence-electron chi connectivity index (χ4n) is 3.78. The van der Waals surface area contributed by atoms with Crippen molar-refractivity contribution in [3.05, 3.63) is 53.7 Å². The van der Waals surface area contributed by atoms with Gasteiger partial charge in [-0.05, 0) is 43.5 Å². The van der Waals surface area contributed by atoms with Crippen LogP contribution in [0, 0.1) is 12.3 Å². The van der Waals surface area contributed by atoms with Crippen LogP contribution in [0.4, 0.5) is 11.5 Å². The number of nitrogen functional groups attached to an aromatic ring is 1. The number of rotatable bonds is 2. The largest absolute Gasteiger partial charge is 0.398 e. The monoisotopic (exact) mass is 321 g/mol. The second kappa shape index (κ2) is 5.51. The molecule has 4 rings (SSSR count). The van der Waals surface area contributed by atoms with Crippen LogP contribution >= 0.6 is 0 Å². The fourth-order valence-corrected chi connectivity index (χ4v) is 3.78. The average Bonchev–Trinajstić information content (AvgIpc) is 3.35. The van der Waals surface area contributed by atoms with Crippen molar-refractivity contribution in [3.63, 3.8) is 0 Å². The molecule has 1 aromatic heterocycles. The standard InChI is InChI=1S/C19H23N5/c1-14-5-4-6-15(20)17(14)18(21)24-12-11-23(13-19(24)8-9-19)16-7-2-3-10-22-16/h2-7,10,21H,8-9,11-13,20H2,1H3. The number of nitrogens with zero attached hydrogens (tertiary/aromatic N) is 3. The van der Waals surface area contributed by atoms with Crippen LogP contribution in [0.5, 0.6) is 0 Å². The molecular weight excluding hydrogens is 298 g/mol. The summed E-state index contributed by atoms with van der Waals surface area (Å²) in [5.41, 5.74) is 8.89. The Bertz CT molecular complexity index is 746. The van der Waals surface area contributed by atoms with Crippen molar-refractivity contribution in [3.8, 4) is 0 Å². The van der Waals surface area contributed by atoms with E-state index in [1.165, 1.54) is 0 Å². The Morgan fingerprint density at radius 2 is 2.00 bits per heavy atom. The molecule has 1 aliphatic heterocycles. The molecule has 2 aliphatic rings. The maximum atomic E-state index is 8.78. The molecule has 0 bridgehead atoms. The van der Waals surface area contributed by atoms with E-state index in [0.717, 1.165) is 49.4 Å². The summed E-state index contributed by atoms with van der Waals surface area (Å²) >= 11 is 0. The predicted octanol–water partition coefficient (Wildman–Crippen LogP) is 2.65. The molecule has 0 amide bonds. The Morgan fingerprint density at radius 1 is 1.17 bits per heavy atom. The van der Waals surface area contributed by atoms with Crippen LogP contribution in [-0.4, -0.2) is 40.9 Å². The number of piperazine rings is 1. The molecule has 0 atom stereocenters. The van der Waals surface area contributed by atoms with Crippen molar-refractivity contribution in [2.45, 2.75) is 25.3 Å². The van der Waals surface area contributed by atoms with Gasteiger partial charge >= 0.3 is 0 Å². The number of nitrogens with two attached hydrogens (primary N) is 1. The van der Waals surface area contributed by atoms with Crippen LogP contribution < -0.4 is 10.6 Å². The zero-order valence-electron chi connectivity index (χ0n) is 14.0. The molecule has 5 nitrogen and oxygen atoms in total. The summed E-state index contributed by atoms with van der Waals surface area (Å²) in [6, 6.07) is 11.9. The predicted molar refractivity (Wildman–Crippen MR) is 97.5 cm³/mol. The third-order valence-corrected chi connectivity index (χ3v) is 5.26. The third kappa shape index (κ3) is 2.40. The number of anilines is 2. The minimum absolute atomic E-state index is 0.0710. The first kappa shape index (κ1) is 15.0. The maximum absolute atomic E-state index is 8.78. The summed E-state index contributed by atoms with van der Waals surface area (Å²) in [6.07, 6.45) is 4.10. The van der Waals surface area contributed by atoms with E-state index >= 15 is 0 Å². The quantitative estimate of drug-likeness (QED) is 0.507. The summed E-state index contributed by atoms with van der Waals surface area (Å²) < 4.78 is 0. The van der Waals surface area contributed by atoms with Gasteiger partial charge in [-0.15, -0.1) is 0 Å². The zero-order chi connectivity index (χ0) is 16.7. The number of hydrogen-bond donors (Lipinski definition) is 2. The minimum Gasteiger partial charge on any atom is -0.398 e. The maximum Gasteiger partial charge on any atom is 0.131 e. The number of benzene rings is 1. The smallest absolute Gasteiger partial charge is 0.131 e. The molecule has 1 saturated heterocycles. The molecule has 1 aromatic carbocycles. The fraction of sp³-hybridized carbons (Fsp3) is 0.368. The third-order valence-electron chi connectivity index (χ3n) is 5.26. The normalized spacial score (nSPS) is 18.7. The van der Waals surface area contributed by atoms with E-state index in [1.807, 2.05) is 43.5 Å². The van der Waals surface area contributed by atoms with Crippen molar-refractivity contribution < 1.29 is 0 Å². The van der Waals surface area contributed by atoms with Crippen molar-refractivity contribution in [1.29, 1.82) is 5.41 Å². The Kier molecular flexibility index (Phi) is 3.44. The van der Waals surface area contributed by atoms with Crippen molar-refractivity contribution in [2.75, 3.05) is 30.3 Å². The lowest BCUT2D eigenvalue weighted by molar-refractivity contribution is 0.258. The molecular formula is C19H23N5. The summed E-state index contributed by atoms with van der Waals surface area (Å²) in [5.74, 6) is 1.61. The molecule has 1 aliphatic carbocycles. The van der Waals surface area contributed by atoms with Gasteiger partial charge in [-0.1, -0.05) is 18.2 Å². The van der Waals surface area contributed by atoms with Gasteiger partial charge in [-0.3, -0.25) is 5.41 Å². The molecule has 2 aromatic rings. The molecule has 5 heteroatoms. The number of amidine groups is 1. The lowest BCUT2D eigenvalue weighted by Gasteiger charge is -2.44. The molecule has 1 spiro atoms. The topological polar surface area (TPSA) is 69.2 Å². The van der Waals surface area contributed by atoms with E-state index < -0.39 is 0 Å². The van der Waals surface area contributed by atoms with Gasteiger partial charge in [0.15, 0.2) is 0 Å². The van der Waals surface area contributed by atoms with E-state index in [2.05, 4.69) is 20.9 Å². The van der Waals surface area contributed by atoms with Crippen LogP contribution in [0.3, 0.4) is 0 Å². The Morgan fingerprint density at radius 3 is 2.67 bits per heavy atom. The molecule has 2 heterocycles. The minimum atomic E-state index is 0.0710. The number of pyridine rings is 1. The Hall–Kier alpha value is -2.56. The second-order valence-electron chi connectivity index (χ2n) is 6.87. The van der Waals surface area contributed by atoms with E-state index in [4.69, 9.17) is 11.1 Å². The summed E-state index contributed by atoms with van der Waals surface area (Å²) in [7, 11) is 0. The molecule has 24 heavy (non-hydrogen) atoms. The van der Waals surface area contributed by atoms with E-state index in [0.29, 0.717) is 11.5 Å². The van der Waals surface area contributed by atoms with Crippen LogP contribution in [0.15, 0.2) is 42.6 Å². The van der Waals surface area contributed by atoms with Gasteiger partial charge in [0.1, 0.15) is 11.7 Å². The molecule has 0 radical (unpaired) electrons. The second-order valence-corrected chi connectivity index (χ2v) is 6.87. The molecule has 1 saturated carbocycles. The molecule has 3 N–H and O–H groups in total. The first-order valence-corrected chi connectivity index (χ1v) is 8.48. The zero-order valence-corrected chi connectivity index (χ0v) is 14.0. The highest BCUT2D eigenvalue weighted by Gasteiger charge is 2.52. The number of aryl methyl sites for hydroxylation is 1. The lowest BCUT2D eigenvalue weighted by Crippen LogP contribution is -2.57. The summed E-state index contributed by atoms with van der Waals surface area (Å²) in [4.78, 5) is 9.10. The first-order chi connectivity index (χ1) is 11.6. The number of hydrogen-bond acceptors (Lipinski definition) is 4. The van der Waals surface area contributed by atoms with Gasteiger partial charge in [-0.2, -0.15) is 0 Å². The Labute approximate surface area is 142 Å². The van der Waals surface area contributed by atoms with Crippen LogP contribution in [0.25, 0.3) is 0 Å². The van der Waals surface area contributed by atoms with Crippen molar-refractivity contribution >= 4 is 17.3 Å². The van der Waals surface area contributed by atoms with Gasteiger partial charge < -0.3 is 15.5 Å². The number of nitrogens with one attached hydrogen (secondary N) is 1. The van der Waals surface area contributed by atoms with Gasteiger partial charge in [0.05, 0.1) is 5.54 Å². The van der Waals surface area contributed by atoms with Crippen LogP contribution in [0.2, 0.25) is 0 Å². The van der Waals surface area contributed by atoms with Crippen LogP contribution in [0.1, 0.15) is 24.0 Å². The van der Waals surface area contributed by atoms with Gasteiger partial charge in [0.25, 0.3) is 0 Å². The Balaban J connectivity index is 1.59.